The molecule has 2 amide bonds. The summed E-state index contributed by atoms with van der Waals surface area (Å²) in [5, 5.41) is 9.16. The highest BCUT2D eigenvalue weighted by atomic mass is 16.3. The molecule has 2 heterocycles. The Morgan fingerprint density at radius 3 is 2.88 bits per heavy atom. The first kappa shape index (κ1) is 18.2. The molecule has 1 unspecified atom stereocenters. The SMILES string of the molecule is Cc1ccc(C(=O)NCCC2CCCNC2)cc1NC(=O)c1ccco1. The lowest BCUT2D eigenvalue weighted by Crippen LogP contribution is -2.33. The second-order valence-electron chi connectivity index (χ2n) is 6.72. The van der Waals surface area contributed by atoms with Crippen LogP contribution in [0.1, 0.15) is 45.7 Å². The summed E-state index contributed by atoms with van der Waals surface area (Å²) in [5.74, 6) is 0.410. The maximum Gasteiger partial charge on any atom is 0.291 e. The molecule has 1 aromatic carbocycles. The second kappa shape index (κ2) is 8.67. The third kappa shape index (κ3) is 4.73. The van der Waals surface area contributed by atoms with Gasteiger partial charge in [0.2, 0.25) is 0 Å². The lowest BCUT2D eigenvalue weighted by atomic mass is 9.96. The molecule has 0 spiro atoms. The molecule has 1 aliphatic heterocycles. The lowest BCUT2D eigenvalue weighted by molar-refractivity contribution is 0.0948. The molecule has 6 heteroatoms. The van der Waals surface area contributed by atoms with Crippen LogP contribution in [0.3, 0.4) is 0 Å². The van der Waals surface area contributed by atoms with Gasteiger partial charge in [-0.15, -0.1) is 0 Å². The highest BCUT2D eigenvalue weighted by molar-refractivity contribution is 6.03. The van der Waals surface area contributed by atoms with E-state index < -0.39 is 0 Å². The maximum absolute atomic E-state index is 12.4. The third-order valence-corrected chi connectivity index (χ3v) is 4.73. The van der Waals surface area contributed by atoms with Crippen LogP contribution in [-0.4, -0.2) is 31.4 Å². The Labute approximate surface area is 153 Å². The van der Waals surface area contributed by atoms with Crippen LogP contribution in [0.15, 0.2) is 41.0 Å². The summed E-state index contributed by atoms with van der Waals surface area (Å²) in [6.45, 7) is 4.67. The fraction of sp³-hybridized carbons (Fsp3) is 0.400. The number of amides is 2. The van der Waals surface area contributed by atoms with Crippen molar-refractivity contribution in [3.63, 3.8) is 0 Å². The first-order valence-electron chi connectivity index (χ1n) is 9.08. The topological polar surface area (TPSA) is 83.4 Å². The van der Waals surface area contributed by atoms with Crippen molar-refractivity contribution in [2.45, 2.75) is 26.2 Å². The van der Waals surface area contributed by atoms with Gasteiger partial charge in [-0.05, 0) is 75.0 Å². The molecule has 3 rings (SSSR count). The van der Waals surface area contributed by atoms with Crippen LogP contribution >= 0.6 is 0 Å². The van der Waals surface area contributed by atoms with Crippen molar-refractivity contribution in [3.8, 4) is 0 Å². The van der Waals surface area contributed by atoms with E-state index in [0.29, 0.717) is 23.7 Å². The van der Waals surface area contributed by atoms with Crippen LogP contribution in [0, 0.1) is 12.8 Å². The Hall–Kier alpha value is -2.60. The number of hydrogen-bond acceptors (Lipinski definition) is 4. The number of nitrogens with one attached hydrogen (secondary N) is 3. The van der Waals surface area contributed by atoms with Crippen molar-refractivity contribution in [2.24, 2.45) is 5.92 Å². The van der Waals surface area contributed by atoms with Crippen LogP contribution in [0.4, 0.5) is 5.69 Å². The van der Waals surface area contributed by atoms with E-state index in [-0.39, 0.29) is 17.6 Å². The van der Waals surface area contributed by atoms with E-state index in [1.807, 2.05) is 13.0 Å². The van der Waals surface area contributed by atoms with E-state index in [9.17, 15) is 9.59 Å². The predicted molar refractivity (Wildman–Crippen MR) is 100 cm³/mol. The number of carbonyl (C=O) groups excluding carboxylic acids is 2. The van der Waals surface area contributed by atoms with E-state index in [2.05, 4.69) is 16.0 Å². The molecule has 0 aliphatic carbocycles. The summed E-state index contributed by atoms with van der Waals surface area (Å²) in [6, 6.07) is 8.57. The minimum Gasteiger partial charge on any atom is -0.459 e. The van der Waals surface area contributed by atoms with Gasteiger partial charge >= 0.3 is 0 Å². The minimum atomic E-state index is -0.333. The Morgan fingerprint density at radius 1 is 1.27 bits per heavy atom. The van der Waals surface area contributed by atoms with E-state index in [1.165, 1.54) is 19.1 Å². The third-order valence-electron chi connectivity index (χ3n) is 4.73. The van der Waals surface area contributed by atoms with Crippen LogP contribution in [0.5, 0.6) is 0 Å². The molecule has 26 heavy (non-hydrogen) atoms. The van der Waals surface area contributed by atoms with Gasteiger partial charge in [0, 0.05) is 17.8 Å². The fourth-order valence-electron chi connectivity index (χ4n) is 3.15. The number of rotatable bonds is 6. The fourth-order valence-corrected chi connectivity index (χ4v) is 3.15. The molecule has 1 aliphatic rings. The largest absolute Gasteiger partial charge is 0.459 e. The number of anilines is 1. The molecule has 138 valence electrons. The molecule has 2 aromatic rings. The van der Waals surface area contributed by atoms with Gasteiger partial charge in [-0.3, -0.25) is 9.59 Å². The van der Waals surface area contributed by atoms with Gasteiger partial charge in [0.15, 0.2) is 5.76 Å². The van der Waals surface area contributed by atoms with Crippen molar-refractivity contribution < 1.29 is 14.0 Å². The number of benzene rings is 1. The lowest BCUT2D eigenvalue weighted by Gasteiger charge is -2.22. The zero-order valence-electron chi connectivity index (χ0n) is 15.0. The van der Waals surface area contributed by atoms with Gasteiger partial charge in [-0.1, -0.05) is 6.07 Å². The van der Waals surface area contributed by atoms with Crippen molar-refractivity contribution in [3.05, 3.63) is 53.5 Å². The molecular formula is C20H25N3O3. The van der Waals surface area contributed by atoms with Gasteiger partial charge in [0.25, 0.3) is 11.8 Å². The molecule has 1 aromatic heterocycles. The highest BCUT2D eigenvalue weighted by Gasteiger charge is 2.15. The first-order valence-corrected chi connectivity index (χ1v) is 9.08. The number of furan rings is 1. The number of hydrogen-bond donors (Lipinski definition) is 3. The molecule has 3 N–H and O–H groups in total. The maximum atomic E-state index is 12.4. The zero-order valence-corrected chi connectivity index (χ0v) is 15.0. The van der Waals surface area contributed by atoms with E-state index in [4.69, 9.17) is 4.42 Å². The van der Waals surface area contributed by atoms with Crippen LogP contribution < -0.4 is 16.0 Å². The van der Waals surface area contributed by atoms with Crippen LogP contribution in [0.2, 0.25) is 0 Å². The summed E-state index contributed by atoms with van der Waals surface area (Å²) in [6.07, 6.45) is 4.85. The molecule has 0 radical (unpaired) electrons. The number of aryl methyl sites for hydroxylation is 1. The van der Waals surface area contributed by atoms with Crippen molar-refractivity contribution in [1.82, 2.24) is 10.6 Å². The minimum absolute atomic E-state index is 0.123. The smallest absolute Gasteiger partial charge is 0.291 e. The van der Waals surface area contributed by atoms with Crippen LogP contribution in [-0.2, 0) is 0 Å². The molecule has 6 nitrogen and oxygen atoms in total. The average Bonchev–Trinajstić information content (AvgIpc) is 3.19. The summed E-state index contributed by atoms with van der Waals surface area (Å²) < 4.78 is 5.10. The summed E-state index contributed by atoms with van der Waals surface area (Å²) in [5.41, 5.74) is 2.03. The monoisotopic (exact) mass is 355 g/mol. The molecule has 0 saturated carbocycles. The summed E-state index contributed by atoms with van der Waals surface area (Å²) in [4.78, 5) is 24.6. The highest BCUT2D eigenvalue weighted by Crippen LogP contribution is 2.18. The van der Waals surface area contributed by atoms with Gasteiger partial charge in [-0.25, -0.2) is 0 Å². The van der Waals surface area contributed by atoms with E-state index >= 15 is 0 Å². The molecule has 1 fully saturated rings. The van der Waals surface area contributed by atoms with E-state index in [0.717, 1.165) is 25.1 Å². The van der Waals surface area contributed by atoms with Gasteiger partial charge < -0.3 is 20.4 Å². The molecule has 1 saturated heterocycles. The first-order chi connectivity index (χ1) is 12.6. The van der Waals surface area contributed by atoms with Crippen molar-refractivity contribution >= 4 is 17.5 Å². The second-order valence-corrected chi connectivity index (χ2v) is 6.72. The normalized spacial score (nSPS) is 16.9. The predicted octanol–water partition coefficient (Wildman–Crippen LogP) is 2.96. The Bertz CT molecular complexity index is 750. The zero-order chi connectivity index (χ0) is 18.4. The van der Waals surface area contributed by atoms with Crippen molar-refractivity contribution in [2.75, 3.05) is 25.0 Å². The molecule has 0 bridgehead atoms. The number of carbonyl (C=O) groups is 2. The number of piperidine rings is 1. The van der Waals surface area contributed by atoms with Gasteiger partial charge in [-0.2, -0.15) is 0 Å². The van der Waals surface area contributed by atoms with Crippen molar-refractivity contribution in [1.29, 1.82) is 0 Å². The summed E-state index contributed by atoms with van der Waals surface area (Å²) >= 11 is 0. The Balaban J connectivity index is 1.57. The van der Waals surface area contributed by atoms with Gasteiger partial charge in [0.05, 0.1) is 6.26 Å². The van der Waals surface area contributed by atoms with Crippen LogP contribution in [0.25, 0.3) is 0 Å². The quantitative estimate of drug-likeness (QED) is 0.744. The molecule has 1 atom stereocenters. The molecular weight excluding hydrogens is 330 g/mol. The van der Waals surface area contributed by atoms with E-state index in [1.54, 1.807) is 24.3 Å². The summed E-state index contributed by atoms with van der Waals surface area (Å²) in [7, 11) is 0. The Kier molecular flexibility index (Phi) is 6.07. The Morgan fingerprint density at radius 2 is 2.15 bits per heavy atom. The standard InChI is InChI=1S/C20H25N3O3/c1-14-6-7-16(12-17(14)23-20(25)18-5-3-11-26-18)19(24)22-10-8-15-4-2-9-21-13-15/h3,5-7,11-12,15,21H,2,4,8-10,13H2,1H3,(H,22,24)(H,23,25). The van der Waals surface area contributed by atoms with Gasteiger partial charge in [0.1, 0.15) is 0 Å². The average molecular weight is 355 g/mol.